The summed E-state index contributed by atoms with van der Waals surface area (Å²) in [6.07, 6.45) is 5.16. The minimum atomic E-state index is 0. The number of hydrogen-bond donors (Lipinski definition) is 1. The van der Waals surface area contributed by atoms with Gasteiger partial charge >= 0.3 is 0 Å². The third-order valence-corrected chi connectivity index (χ3v) is 2.57. The van der Waals surface area contributed by atoms with Crippen LogP contribution < -0.4 is 5.32 Å². The summed E-state index contributed by atoms with van der Waals surface area (Å²) in [5.41, 5.74) is 3.33. The van der Waals surface area contributed by atoms with Crippen LogP contribution in [0.1, 0.15) is 39.5 Å². The highest BCUT2D eigenvalue weighted by Gasteiger charge is 2.04. The summed E-state index contributed by atoms with van der Waals surface area (Å²) in [6, 6.07) is 0. The summed E-state index contributed by atoms with van der Waals surface area (Å²) in [7, 11) is 0. The molecule has 1 nitrogen and oxygen atoms in total. The maximum absolute atomic E-state index is 3.42. The van der Waals surface area contributed by atoms with Crippen molar-refractivity contribution in [3.8, 4) is 0 Å². The molecule has 2 heteroatoms. The summed E-state index contributed by atoms with van der Waals surface area (Å²) in [5, 5.41) is 3.42. The van der Waals surface area contributed by atoms with Crippen LogP contribution in [0.5, 0.6) is 0 Å². The predicted molar refractivity (Wildman–Crippen MR) is 57.0 cm³/mol. The van der Waals surface area contributed by atoms with Gasteiger partial charge in [0.1, 0.15) is 0 Å². The van der Waals surface area contributed by atoms with Gasteiger partial charge in [0.2, 0.25) is 0 Å². The molecule has 0 bridgehead atoms. The van der Waals surface area contributed by atoms with Crippen LogP contribution in [0.25, 0.3) is 0 Å². The molecule has 0 saturated carbocycles. The van der Waals surface area contributed by atoms with E-state index in [1.807, 2.05) is 0 Å². The smallest absolute Gasteiger partial charge is 0.00115 e. The zero-order valence-corrected chi connectivity index (χ0v) is 8.97. The van der Waals surface area contributed by atoms with E-state index in [0.29, 0.717) is 0 Å². The Hall–Kier alpha value is -0.0100. The van der Waals surface area contributed by atoms with Crippen molar-refractivity contribution < 1.29 is 0 Å². The minimum absolute atomic E-state index is 0. The number of hydrogen-bond acceptors (Lipinski definition) is 1. The summed E-state index contributed by atoms with van der Waals surface area (Å²) in [5.74, 6) is 0. The lowest BCUT2D eigenvalue weighted by molar-refractivity contribution is 0.703. The summed E-state index contributed by atoms with van der Waals surface area (Å²) in [4.78, 5) is 0. The van der Waals surface area contributed by atoms with Crippen LogP contribution in [0.15, 0.2) is 11.1 Å². The van der Waals surface area contributed by atoms with Crippen LogP contribution in [0.2, 0.25) is 0 Å². The molecule has 1 rings (SSSR count). The fraction of sp³-hybridized carbons (Fsp3) is 0.800. The second kappa shape index (κ2) is 6.50. The van der Waals surface area contributed by atoms with Crippen LogP contribution in [-0.4, -0.2) is 13.1 Å². The molecule has 0 spiro atoms. The quantitative estimate of drug-likeness (QED) is 0.626. The molecule has 1 N–H and O–H groups in total. The molecule has 1 heterocycles. The Morgan fingerprint density at radius 3 is 2.75 bits per heavy atom. The van der Waals surface area contributed by atoms with Gasteiger partial charge in [0.25, 0.3) is 0 Å². The van der Waals surface area contributed by atoms with Gasteiger partial charge in [-0.3, -0.25) is 0 Å². The van der Waals surface area contributed by atoms with Gasteiger partial charge in [-0.1, -0.05) is 18.1 Å². The van der Waals surface area contributed by atoms with Crippen molar-refractivity contribution in [2.24, 2.45) is 0 Å². The number of nitrogens with one attached hydrogen (secondary N) is 1. The van der Waals surface area contributed by atoms with Gasteiger partial charge in [-0.25, -0.2) is 0 Å². The molecule has 12 heavy (non-hydrogen) atoms. The molecule has 0 aromatic rings. The molecule has 0 aromatic carbocycles. The third-order valence-electron chi connectivity index (χ3n) is 2.57. The zero-order chi connectivity index (χ0) is 8.10. The van der Waals surface area contributed by atoms with Crippen molar-refractivity contribution in [2.45, 2.75) is 39.5 Å². The van der Waals surface area contributed by atoms with Crippen molar-refractivity contribution in [3.63, 3.8) is 0 Å². The SMILES string of the molecule is CC/C(C)=C1/CCCNCC1.Cl. The Morgan fingerprint density at radius 2 is 2.08 bits per heavy atom. The second-order valence-electron chi connectivity index (χ2n) is 3.34. The Labute approximate surface area is 82.0 Å². The van der Waals surface area contributed by atoms with Crippen molar-refractivity contribution in [1.82, 2.24) is 5.32 Å². The van der Waals surface area contributed by atoms with E-state index < -0.39 is 0 Å². The van der Waals surface area contributed by atoms with Crippen molar-refractivity contribution in [3.05, 3.63) is 11.1 Å². The predicted octanol–water partition coefficient (Wildman–Crippen LogP) is 2.91. The van der Waals surface area contributed by atoms with E-state index in [-0.39, 0.29) is 12.4 Å². The fourth-order valence-electron chi connectivity index (χ4n) is 1.59. The first kappa shape index (κ1) is 12.0. The molecule has 0 amide bonds. The molecule has 0 unspecified atom stereocenters. The fourth-order valence-corrected chi connectivity index (χ4v) is 1.59. The summed E-state index contributed by atoms with van der Waals surface area (Å²) < 4.78 is 0. The first-order chi connectivity index (χ1) is 5.34. The van der Waals surface area contributed by atoms with Gasteiger partial charge in [0.15, 0.2) is 0 Å². The molecule has 0 atom stereocenters. The Bertz CT molecular complexity index is 142. The first-order valence-corrected chi connectivity index (χ1v) is 4.72. The highest BCUT2D eigenvalue weighted by molar-refractivity contribution is 5.85. The van der Waals surface area contributed by atoms with Crippen LogP contribution in [-0.2, 0) is 0 Å². The minimum Gasteiger partial charge on any atom is -0.316 e. The summed E-state index contributed by atoms with van der Waals surface area (Å²) in [6.45, 7) is 6.93. The first-order valence-electron chi connectivity index (χ1n) is 4.72. The Kier molecular flexibility index (Phi) is 6.49. The highest BCUT2D eigenvalue weighted by Crippen LogP contribution is 2.18. The standard InChI is InChI=1S/C10H19N.ClH/c1-3-9(2)10-5-4-7-11-8-6-10;/h11H,3-8H2,1-2H3;1H/b10-9-;. The van der Waals surface area contributed by atoms with E-state index >= 15 is 0 Å². The van der Waals surface area contributed by atoms with Crippen molar-refractivity contribution in [1.29, 1.82) is 0 Å². The zero-order valence-electron chi connectivity index (χ0n) is 8.15. The molecule has 1 saturated heterocycles. The van der Waals surface area contributed by atoms with E-state index in [9.17, 15) is 0 Å². The molecule has 0 aromatic heterocycles. The maximum Gasteiger partial charge on any atom is -0.00115 e. The lowest BCUT2D eigenvalue weighted by Crippen LogP contribution is -2.13. The number of halogens is 1. The number of rotatable bonds is 1. The molecule has 0 aliphatic carbocycles. The van der Waals surface area contributed by atoms with Crippen LogP contribution in [0.4, 0.5) is 0 Å². The van der Waals surface area contributed by atoms with E-state index in [4.69, 9.17) is 0 Å². The molecule has 72 valence electrons. The van der Waals surface area contributed by atoms with Crippen LogP contribution >= 0.6 is 12.4 Å². The highest BCUT2D eigenvalue weighted by atomic mass is 35.5. The molecular weight excluding hydrogens is 170 g/mol. The van der Waals surface area contributed by atoms with E-state index in [2.05, 4.69) is 19.2 Å². The maximum atomic E-state index is 3.42. The Morgan fingerprint density at radius 1 is 1.33 bits per heavy atom. The van der Waals surface area contributed by atoms with Gasteiger partial charge in [-0.05, 0) is 45.7 Å². The van der Waals surface area contributed by atoms with Crippen LogP contribution in [0, 0.1) is 0 Å². The number of allylic oxidation sites excluding steroid dienone is 1. The Balaban J connectivity index is 0.00000121. The average Bonchev–Trinajstić information content (AvgIpc) is 2.30. The monoisotopic (exact) mass is 189 g/mol. The van der Waals surface area contributed by atoms with Gasteiger partial charge in [0.05, 0.1) is 0 Å². The molecule has 1 fully saturated rings. The van der Waals surface area contributed by atoms with Crippen LogP contribution in [0.3, 0.4) is 0 Å². The molecular formula is C10H20ClN. The topological polar surface area (TPSA) is 12.0 Å². The summed E-state index contributed by atoms with van der Waals surface area (Å²) >= 11 is 0. The van der Waals surface area contributed by atoms with E-state index in [0.717, 1.165) is 0 Å². The molecule has 1 aliphatic heterocycles. The van der Waals surface area contributed by atoms with E-state index in [1.165, 1.54) is 38.8 Å². The second-order valence-corrected chi connectivity index (χ2v) is 3.34. The molecule has 1 aliphatic rings. The van der Waals surface area contributed by atoms with Gasteiger partial charge < -0.3 is 5.32 Å². The van der Waals surface area contributed by atoms with Gasteiger partial charge in [-0.2, -0.15) is 0 Å². The molecule has 0 radical (unpaired) electrons. The third kappa shape index (κ3) is 3.59. The van der Waals surface area contributed by atoms with Crippen molar-refractivity contribution in [2.75, 3.05) is 13.1 Å². The van der Waals surface area contributed by atoms with Gasteiger partial charge in [0, 0.05) is 0 Å². The van der Waals surface area contributed by atoms with E-state index in [1.54, 1.807) is 11.1 Å². The lowest BCUT2D eigenvalue weighted by Gasteiger charge is -2.06. The normalized spacial score (nSPS) is 22.5. The van der Waals surface area contributed by atoms with Gasteiger partial charge in [-0.15, -0.1) is 12.4 Å². The average molecular weight is 190 g/mol. The largest absolute Gasteiger partial charge is 0.316 e. The van der Waals surface area contributed by atoms with Crippen molar-refractivity contribution >= 4 is 12.4 Å². The lowest BCUT2D eigenvalue weighted by atomic mass is 10.0.